The zero-order valence-corrected chi connectivity index (χ0v) is 9.10. The van der Waals surface area contributed by atoms with Crippen LogP contribution in [-0.4, -0.2) is 29.2 Å². The van der Waals surface area contributed by atoms with Crippen molar-refractivity contribution in [3.05, 3.63) is 29.0 Å². The van der Waals surface area contributed by atoms with Crippen LogP contribution in [0.4, 0.5) is 0 Å². The average Bonchev–Trinajstić information content (AvgIpc) is 2.18. The summed E-state index contributed by atoms with van der Waals surface area (Å²) in [5, 5.41) is 20.8. The van der Waals surface area contributed by atoms with Crippen molar-refractivity contribution in [2.24, 2.45) is 0 Å². The predicted molar refractivity (Wildman–Crippen MR) is 58.6 cm³/mol. The van der Waals surface area contributed by atoms with Gasteiger partial charge in [-0.15, -0.1) is 0 Å². The molecule has 0 fully saturated rings. The number of hydrogen-bond acceptors (Lipinski definition) is 3. The van der Waals surface area contributed by atoms with Crippen molar-refractivity contribution in [1.29, 1.82) is 0 Å². The molecule has 4 heteroatoms. The van der Waals surface area contributed by atoms with Gasteiger partial charge in [0.25, 0.3) is 0 Å². The van der Waals surface area contributed by atoms with E-state index in [0.29, 0.717) is 11.3 Å². The van der Waals surface area contributed by atoms with Crippen molar-refractivity contribution < 1.29 is 14.6 Å². The molecular formula is C11H15NO3. The van der Waals surface area contributed by atoms with E-state index in [1.54, 1.807) is 26.0 Å². The zero-order chi connectivity index (χ0) is 11.4. The van der Waals surface area contributed by atoms with Crippen LogP contribution in [0.1, 0.15) is 19.4 Å². The molecule has 0 aliphatic rings. The normalized spacial score (nSPS) is 11.9. The summed E-state index contributed by atoms with van der Waals surface area (Å²) in [7, 11) is 1.48. The van der Waals surface area contributed by atoms with Gasteiger partial charge < -0.3 is 15.1 Å². The van der Waals surface area contributed by atoms with Crippen LogP contribution in [0.25, 0.3) is 0 Å². The maximum absolute atomic E-state index is 11.3. The molecule has 1 aromatic rings. The molecule has 0 bridgehead atoms. The second-order valence-corrected chi connectivity index (χ2v) is 3.51. The van der Waals surface area contributed by atoms with E-state index in [-0.39, 0.29) is 11.8 Å². The van der Waals surface area contributed by atoms with Gasteiger partial charge in [0.1, 0.15) is 0 Å². The summed E-state index contributed by atoms with van der Waals surface area (Å²) >= 11 is 0. The molecule has 0 heterocycles. The third-order valence-corrected chi connectivity index (χ3v) is 1.99. The predicted octanol–water partition coefficient (Wildman–Crippen LogP) is 1.74. The van der Waals surface area contributed by atoms with Gasteiger partial charge in [0.15, 0.2) is 23.8 Å². The van der Waals surface area contributed by atoms with Crippen LogP contribution < -0.4 is 4.74 Å². The molecule has 0 amide bonds. The first kappa shape index (κ1) is 11.4. The molecule has 4 nitrogen and oxygen atoms in total. The van der Waals surface area contributed by atoms with E-state index >= 15 is 0 Å². The van der Waals surface area contributed by atoms with Gasteiger partial charge in [-0.05, 0) is 32.0 Å². The Kier molecular flexibility index (Phi) is 3.55. The maximum Gasteiger partial charge on any atom is 0.182 e. The minimum Gasteiger partial charge on any atom is -0.624 e. The molecular weight excluding hydrogens is 194 g/mol. The van der Waals surface area contributed by atoms with Gasteiger partial charge in [-0.3, -0.25) is 0 Å². The van der Waals surface area contributed by atoms with Gasteiger partial charge in [0.2, 0.25) is 0 Å². The second kappa shape index (κ2) is 4.68. The lowest BCUT2D eigenvalue weighted by Crippen LogP contribution is -2.14. The summed E-state index contributed by atoms with van der Waals surface area (Å²) in [6, 6.07) is 4.71. The number of phenols is 1. The molecule has 0 unspecified atom stereocenters. The van der Waals surface area contributed by atoms with Gasteiger partial charge in [-0.2, -0.15) is 0 Å². The van der Waals surface area contributed by atoms with Crippen molar-refractivity contribution in [3.8, 4) is 11.5 Å². The van der Waals surface area contributed by atoms with E-state index in [1.807, 2.05) is 0 Å². The number of nitrogens with zero attached hydrogens (tertiary/aromatic N) is 1. The number of ether oxygens (including phenoxy) is 1. The Labute approximate surface area is 89.0 Å². The number of phenolic OH excluding ortho intramolecular Hbond substituents is 1. The maximum atomic E-state index is 11.3. The molecule has 1 N–H and O–H groups in total. The highest BCUT2D eigenvalue weighted by Crippen LogP contribution is 2.25. The van der Waals surface area contributed by atoms with E-state index in [2.05, 4.69) is 0 Å². The molecule has 0 aromatic heterocycles. The number of benzene rings is 1. The molecule has 15 heavy (non-hydrogen) atoms. The summed E-state index contributed by atoms with van der Waals surface area (Å²) in [4.78, 5) is 0. The summed E-state index contributed by atoms with van der Waals surface area (Å²) < 4.78 is 5.73. The van der Waals surface area contributed by atoms with Crippen LogP contribution in [0, 0.1) is 5.21 Å². The first-order valence-corrected chi connectivity index (χ1v) is 4.72. The fourth-order valence-corrected chi connectivity index (χ4v) is 1.08. The van der Waals surface area contributed by atoms with Gasteiger partial charge >= 0.3 is 0 Å². The molecule has 0 radical (unpaired) electrons. The minimum atomic E-state index is -0.116. The van der Waals surface area contributed by atoms with Crippen molar-refractivity contribution >= 4 is 6.21 Å². The van der Waals surface area contributed by atoms with Crippen LogP contribution in [0.15, 0.2) is 18.2 Å². The Morgan fingerprint density at radius 2 is 2.13 bits per heavy atom. The quantitative estimate of drug-likeness (QED) is 0.357. The van der Waals surface area contributed by atoms with Crippen LogP contribution >= 0.6 is 0 Å². The average molecular weight is 209 g/mol. The summed E-state index contributed by atoms with van der Waals surface area (Å²) in [6.45, 7) is 3.60. The third kappa shape index (κ3) is 2.87. The van der Waals surface area contributed by atoms with Gasteiger partial charge in [0, 0.05) is 5.56 Å². The lowest BCUT2D eigenvalue weighted by atomic mass is 10.2. The molecule has 0 aliphatic carbocycles. The van der Waals surface area contributed by atoms with Gasteiger partial charge in [-0.25, -0.2) is 4.74 Å². The van der Waals surface area contributed by atoms with Crippen LogP contribution in [-0.2, 0) is 0 Å². The number of hydroxylamine groups is 1. The van der Waals surface area contributed by atoms with E-state index < -0.39 is 0 Å². The standard InChI is InChI=1S/C11H15NO3/c1-8(2)12(14)7-9-4-5-11(15-3)10(13)6-9/h4-8,13H,1-3H3. The Hall–Kier alpha value is -1.71. The molecule has 0 saturated carbocycles. The van der Waals surface area contributed by atoms with E-state index in [9.17, 15) is 10.3 Å². The summed E-state index contributed by atoms with van der Waals surface area (Å²) in [5.41, 5.74) is 0.650. The largest absolute Gasteiger partial charge is 0.624 e. The van der Waals surface area contributed by atoms with Crippen LogP contribution in [0.3, 0.4) is 0 Å². The van der Waals surface area contributed by atoms with Crippen molar-refractivity contribution in [3.63, 3.8) is 0 Å². The molecule has 1 rings (SSSR count). The van der Waals surface area contributed by atoms with Crippen molar-refractivity contribution in [2.75, 3.05) is 7.11 Å². The Balaban J connectivity index is 2.98. The lowest BCUT2D eigenvalue weighted by Gasteiger charge is -2.07. The van der Waals surface area contributed by atoms with Gasteiger partial charge in [-0.1, -0.05) is 0 Å². The zero-order valence-electron chi connectivity index (χ0n) is 9.10. The van der Waals surface area contributed by atoms with Crippen molar-refractivity contribution in [1.82, 2.24) is 0 Å². The fourth-order valence-electron chi connectivity index (χ4n) is 1.08. The van der Waals surface area contributed by atoms with Crippen molar-refractivity contribution in [2.45, 2.75) is 19.9 Å². The Morgan fingerprint density at radius 1 is 1.47 bits per heavy atom. The SMILES string of the molecule is COc1ccc(C=[N+]([O-])C(C)C)cc1O. The summed E-state index contributed by atoms with van der Waals surface area (Å²) in [5.74, 6) is 0.428. The number of hydrogen-bond donors (Lipinski definition) is 1. The molecule has 0 saturated heterocycles. The second-order valence-electron chi connectivity index (χ2n) is 3.51. The highest BCUT2D eigenvalue weighted by Gasteiger charge is 2.04. The van der Waals surface area contributed by atoms with Crippen LogP contribution in [0.5, 0.6) is 11.5 Å². The molecule has 1 aromatic carbocycles. The smallest absolute Gasteiger partial charge is 0.182 e. The number of methoxy groups -OCH3 is 1. The third-order valence-electron chi connectivity index (χ3n) is 1.99. The summed E-state index contributed by atoms with van der Waals surface area (Å²) in [6.07, 6.45) is 1.43. The molecule has 0 atom stereocenters. The Bertz CT molecular complexity index is 372. The first-order valence-electron chi connectivity index (χ1n) is 4.72. The first-order chi connectivity index (χ1) is 7.04. The van der Waals surface area contributed by atoms with E-state index in [0.717, 1.165) is 4.74 Å². The van der Waals surface area contributed by atoms with E-state index in [4.69, 9.17) is 4.74 Å². The highest BCUT2D eigenvalue weighted by atomic mass is 16.5. The number of aromatic hydroxyl groups is 1. The Morgan fingerprint density at radius 3 is 2.60 bits per heavy atom. The molecule has 82 valence electrons. The highest BCUT2D eigenvalue weighted by molar-refractivity contribution is 5.77. The fraction of sp³-hybridized carbons (Fsp3) is 0.364. The molecule has 0 spiro atoms. The van der Waals surface area contributed by atoms with Crippen LogP contribution in [0.2, 0.25) is 0 Å². The number of rotatable bonds is 3. The molecule has 0 aliphatic heterocycles. The topological polar surface area (TPSA) is 55.5 Å². The monoisotopic (exact) mass is 209 g/mol. The minimum absolute atomic E-state index is 0.0309. The van der Waals surface area contributed by atoms with E-state index in [1.165, 1.54) is 19.4 Å². The lowest BCUT2D eigenvalue weighted by molar-refractivity contribution is -0.487. The van der Waals surface area contributed by atoms with Gasteiger partial charge in [0.05, 0.1) is 7.11 Å².